The molecule has 0 aromatic heterocycles. The molecule has 5 aromatic carbocycles. The number of benzene rings is 5. The van der Waals surface area contributed by atoms with Gasteiger partial charge in [-0.1, -0.05) is 78.9 Å². The Morgan fingerprint density at radius 1 is 0.394 bits per heavy atom. The molecule has 7 rings (SSSR count). The fourth-order valence-electron chi connectivity index (χ4n) is 5.55. The van der Waals surface area contributed by atoms with Gasteiger partial charge in [0.05, 0.1) is 0 Å². The molecule has 3 heteroatoms. The standard InChI is InChI=1S/C30H21BN2.H2/c1-3-12-22(13-4-1)32-26-18-9-7-16-24(26)31-25-17-8-10-19-27(25)33(23-14-5-2-6-15-23)29-21-11-20-28(32)30(29)31;/h1-21H;1H/i;1+1. The molecule has 0 saturated heterocycles. The van der Waals surface area contributed by atoms with Crippen molar-refractivity contribution >= 4 is 57.2 Å². The van der Waals surface area contributed by atoms with Gasteiger partial charge in [-0.05, 0) is 64.9 Å². The number of hydrogen-bond donors (Lipinski definition) is 0. The normalized spacial score (nSPS) is 13.3. The minimum absolute atomic E-state index is 0. The van der Waals surface area contributed by atoms with Crippen molar-refractivity contribution < 1.29 is 1.43 Å². The molecule has 2 aliphatic rings. The number of anilines is 6. The molecule has 0 saturated carbocycles. The van der Waals surface area contributed by atoms with Crippen LogP contribution in [0.25, 0.3) is 0 Å². The molecular formula is C30H23BN2. The first kappa shape index (κ1) is 18.3. The van der Waals surface area contributed by atoms with Crippen molar-refractivity contribution in [2.45, 2.75) is 0 Å². The van der Waals surface area contributed by atoms with Crippen molar-refractivity contribution in [2.24, 2.45) is 0 Å². The summed E-state index contributed by atoms with van der Waals surface area (Å²) >= 11 is 0. The minimum atomic E-state index is 0. The van der Waals surface area contributed by atoms with Crippen molar-refractivity contribution in [3.8, 4) is 0 Å². The van der Waals surface area contributed by atoms with Crippen molar-refractivity contribution in [3.63, 3.8) is 0 Å². The number of fused-ring (bicyclic) bond motifs is 4. The summed E-state index contributed by atoms with van der Waals surface area (Å²) < 4.78 is 0. The van der Waals surface area contributed by atoms with Crippen LogP contribution in [0.5, 0.6) is 0 Å². The quantitative estimate of drug-likeness (QED) is 0.314. The van der Waals surface area contributed by atoms with E-state index < -0.39 is 0 Å². The van der Waals surface area contributed by atoms with Gasteiger partial charge in [-0.3, -0.25) is 0 Å². The molecule has 2 heterocycles. The lowest BCUT2D eigenvalue weighted by molar-refractivity contribution is 1.25. The summed E-state index contributed by atoms with van der Waals surface area (Å²) in [6, 6.07) is 45.9. The maximum atomic E-state index is 2.42. The highest BCUT2D eigenvalue weighted by atomic mass is 15.2. The smallest absolute Gasteiger partial charge is 0.252 e. The predicted molar refractivity (Wildman–Crippen MR) is 143 cm³/mol. The van der Waals surface area contributed by atoms with Gasteiger partial charge in [0.25, 0.3) is 6.71 Å². The Morgan fingerprint density at radius 2 is 0.788 bits per heavy atom. The number of rotatable bonds is 2. The van der Waals surface area contributed by atoms with Crippen LogP contribution in [-0.4, -0.2) is 6.71 Å². The molecule has 33 heavy (non-hydrogen) atoms. The van der Waals surface area contributed by atoms with Crippen molar-refractivity contribution in [1.29, 1.82) is 0 Å². The molecule has 5 aromatic rings. The maximum Gasteiger partial charge on any atom is 0.252 e. The number of hydrogen-bond acceptors (Lipinski definition) is 2. The zero-order valence-corrected chi connectivity index (χ0v) is 18.1. The summed E-state index contributed by atoms with van der Waals surface area (Å²) in [7, 11) is 0. The molecule has 2 aliphatic heterocycles. The Labute approximate surface area is 195 Å². The molecule has 0 bridgehead atoms. The molecular weight excluding hydrogens is 399 g/mol. The molecule has 0 unspecified atom stereocenters. The van der Waals surface area contributed by atoms with Gasteiger partial charge in [0.1, 0.15) is 0 Å². The fraction of sp³-hybridized carbons (Fsp3) is 0. The Kier molecular flexibility index (Phi) is 3.97. The summed E-state index contributed by atoms with van der Waals surface area (Å²) in [5, 5.41) is 0. The predicted octanol–water partition coefficient (Wildman–Crippen LogP) is 6.02. The largest absolute Gasteiger partial charge is 0.311 e. The van der Waals surface area contributed by atoms with Crippen molar-refractivity contribution in [2.75, 3.05) is 9.80 Å². The summed E-state index contributed by atoms with van der Waals surface area (Å²) in [6.07, 6.45) is 0. The first-order valence-electron chi connectivity index (χ1n) is 11.4. The van der Waals surface area contributed by atoms with Crippen LogP contribution in [0.15, 0.2) is 127 Å². The van der Waals surface area contributed by atoms with Crippen LogP contribution in [-0.2, 0) is 0 Å². The molecule has 2 nitrogen and oxygen atoms in total. The molecule has 0 amide bonds. The van der Waals surface area contributed by atoms with E-state index in [1.807, 2.05) is 0 Å². The molecule has 0 spiro atoms. The molecule has 0 radical (unpaired) electrons. The minimum Gasteiger partial charge on any atom is -0.311 e. The van der Waals surface area contributed by atoms with Crippen LogP contribution in [0, 0.1) is 0 Å². The van der Waals surface area contributed by atoms with Crippen LogP contribution < -0.4 is 26.2 Å². The Hall–Kier alpha value is -4.24. The van der Waals surface area contributed by atoms with Gasteiger partial charge in [-0.25, -0.2) is 0 Å². The van der Waals surface area contributed by atoms with Gasteiger partial charge < -0.3 is 9.80 Å². The Bertz CT molecular complexity index is 1380. The highest BCUT2D eigenvalue weighted by Crippen LogP contribution is 2.43. The Morgan fingerprint density at radius 3 is 1.27 bits per heavy atom. The maximum absolute atomic E-state index is 2.42. The van der Waals surface area contributed by atoms with E-state index in [2.05, 4.69) is 137 Å². The van der Waals surface area contributed by atoms with Crippen molar-refractivity contribution in [3.05, 3.63) is 127 Å². The number of para-hydroxylation sites is 4. The van der Waals surface area contributed by atoms with Gasteiger partial charge in [0.2, 0.25) is 0 Å². The highest BCUT2D eigenvalue weighted by Gasteiger charge is 2.42. The second-order valence-corrected chi connectivity index (χ2v) is 8.60. The van der Waals surface area contributed by atoms with Gasteiger partial charge in [0, 0.05) is 35.6 Å². The molecule has 0 aliphatic carbocycles. The fourth-order valence-corrected chi connectivity index (χ4v) is 5.55. The van der Waals surface area contributed by atoms with E-state index in [4.69, 9.17) is 0 Å². The van der Waals surface area contributed by atoms with Crippen LogP contribution in [0.1, 0.15) is 1.43 Å². The van der Waals surface area contributed by atoms with E-state index >= 15 is 0 Å². The third-order valence-corrected chi connectivity index (χ3v) is 6.84. The molecule has 0 N–H and O–H groups in total. The van der Waals surface area contributed by atoms with Gasteiger partial charge in [0.15, 0.2) is 0 Å². The van der Waals surface area contributed by atoms with E-state index in [0.29, 0.717) is 0 Å². The van der Waals surface area contributed by atoms with E-state index in [0.717, 1.165) is 0 Å². The topological polar surface area (TPSA) is 6.48 Å². The highest BCUT2D eigenvalue weighted by molar-refractivity contribution is 7.00. The average Bonchev–Trinajstić information content (AvgIpc) is 2.89. The summed E-state index contributed by atoms with van der Waals surface area (Å²) in [5.41, 5.74) is 11.4. The summed E-state index contributed by atoms with van der Waals surface area (Å²) in [6.45, 7) is 0.198. The first-order chi connectivity index (χ1) is 16.4. The lowest BCUT2D eigenvalue weighted by Gasteiger charge is -2.44. The van der Waals surface area contributed by atoms with E-state index in [9.17, 15) is 0 Å². The molecule has 0 fully saturated rings. The second-order valence-electron chi connectivity index (χ2n) is 8.60. The molecule has 0 atom stereocenters. The van der Waals surface area contributed by atoms with Crippen LogP contribution >= 0.6 is 0 Å². The van der Waals surface area contributed by atoms with E-state index in [-0.39, 0.29) is 8.14 Å². The van der Waals surface area contributed by atoms with E-state index in [1.54, 1.807) is 0 Å². The van der Waals surface area contributed by atoms with Gasteiger partial charge in [-0.2, -0.15) is 0 Å². The second kappa shape index (κ2) is 7.14. The van der Waals surface area contributed by atoms with Gasteiger partial charge >= 0.3 is 0 Å². The van der Waals surface area contributed by atoms with E-state index in [1.165, 1.54) is 50.5 Å². The summed E-state index contributed by atoms with van der Waals surface area (Å²) in [4.78, 5) is 4.84. The Balaban J connectivity index is 0.00000217. The SMILES string of the molecule is [2HH].c1ccc(N2c3ccccc3B3c4ccccc4N(c4ccccc4)c4cccc2c43)cc1. The third-order valence-electron chi connectivity index (χ3n) is 6.84. The van der Waals surface area contributed by atoms with Crippen molar-refractivity contribution in [1.82, 2.24) is 0 Å². The van der Waals surface area contributed by atoms with Crippen LogP contribution in [0.2, 0.25) is 0 Å². The van der Waals surface area contributed by atoms with Crippen LogP contribution in [0.4, 0.5) is 34.1 Å². The zero-order valence-electron chi connectivity index (χ0n) is 18.1. The lowest BCUT2D eigenvalue weighted by atomic mass is 9.33. The third kappa shape index (κ3) is 2.63. The monoisotopic (exact) mass is 423 g/mol. The average molecular weight is 423 g/mol. The molecule has 156 valence electrons. The van der Waals surface area contributed by atoms with Crippen LogP contribution in [0.3, 0.4) is 0 Å². The lowest BCUT2D eigenvalue weighted by Crippen LogP contribution is -2.61. The first-order valence-corrected chi connectivity index (χ1v) is 11.4. The van der Waals surface area contributed by atoms with Gasteiger partial charge in [-0.15, -0.1) is 0 Å². The number of nitrogens with zero attached hydrogens (tertiary/aromatic N) is 2. The zero-order chi connectivity index (χ0) is 21.8. The summed E-state index contributed by atoms with van der Waals surface area (Å²) in [5.74, 6) is 0.